The zero-order valence-corrected chi connectivity index (χ0v) is 11.4. The maximum atomic E-state index is 12.0. The van der Waals surface area contributed by atoms with Gasteiger partial charge in [-0.25, -0.2) is 4.79 Å². The Morgan fingerprint density at radius 1 is 1.25 bits per heavy atom. The summed E-state index contributed by atoms with van der Waals surface area (Å²) in [5, 5.41) is 9.32. The smallest absolute Gasteiger partial charge is 0.410 e. The number of hydrogen-bond donors (Lipinski definition) is 1. The molecule has 1 aromatic rings. The van der Waals surface area contributed by atoms with E-state index in [-0.39, 0.29) is 12.2 Å². The molecule has 1 aromatic carbocycles. The van der Waals surface area contributed by atoms with Crippen molar-refractivity contribution in [2.75, 3.05) is 26.2 Å². The topological polar surface area (TPSA) is 53.0 Å². The molecule has 2 fully saturated rings. The molecule has 1 amide bonds. The highest BCUT2D eigenvalue weighted by Crippen LogP contribution is 2.21. The third-order valence-corrected chi connectivity index (χ3v) is 4.03. The van der Waals surface area contributed by atoms with Gasteiger partial charge in [-0.1, -0.05) is 30.3 Å². The lowest BCUT2D eigenvalue weighted by Gasteiger charge is -2.40. The van der Waals surface area contributed by atoms with Gasteiger partial charge in [-0.2, -0.15) is 0 Å². The van der Waals surface area contributed by atoms with Gasteiger partial charge in [-0.3, -0.25) is 4.90 Å². The van der Waals surface area contributed by atoms with Gasteiger partial charge < -0.3 is 14.7 Å². The predicted octanol–water partition coefficient (Wildman–Crippen LogP) is 1.07. The molecular formula is C15H20N2O3. The molecule has 0 aliphatic carbocycles. The van der Waals surface area contributed by atoms with Gasteiger partial charge in [0.15, 0.2) is 0 Å². The summed E-state index contributed by atoms with van der Waals surface area (Å²) in [4.78, 5) is 16.0. The molecule has 2 heterocycles. The van der Waals surface area contributed by atoms with Gasteiger partial charge in [0.25, 0.3) is 0 Å². The van der Waals surface area contributed by atoms with Crippen molar-refractivity contribution in [2.24, 2.45) is 0 Å². The molecule has 108 valence electrons. The number of benzene rings is 1. The first-order chi connectivity index (χ1) is 9.72. The number of ether oxygens (including phenoxy) is 1. The summed E-state index contributed by atoms with van der Waals surface area (Å²) < 4.78 is 5.33. The molecule has 3 rings (SSSR count). The molecule has 1 atom stereocenters. The number of nitrogens with zero attached hydrogens (tertiary/aromatic N) is 2. The number of β-amino-alcohol motifs (C(OH)–C–C–N with tert-alkyl or cyclic N) is 1. The maximum Gasteiger partial charge on any atom is 0.410 e. The van der Waals surface area contributed by atoms with Crippen LogP contribution in [-0.2, 0) is 11.3 Å². The molecule has 5 heteroatoms. The lowest BCUT2D eigenvalue weighted by atomic mass is 10.1. The van der Waals surface area contributed by atoms with E-state index in [4.69, 9.17) is 4.74 Å². The molecule has 0 unspecified atom stereocenters. The molecule has 5 nitrogen and oxygen atoms in total. The normalized spacial score (nSPS) is 23.6. The zero-order valence-electron chi connectivity index (χ0n) is 11.4. The van der Waals surface area contributed by atoms with E-state index in [1.807, 2.05) is 30.3 Å². The van der Waals surface area contributed by atoms with E-state index < -0.39 is 0 Å². The van der Waals surface area contributed by atoms with Crippen LogP contribution in [0.3, 0.4) is 0 Å². The maximum absolute atomic E-state index is 12.0. The number of rotatable bonds is 3. The van der Waals surface area contributed by atoms with Crippen LogP contribution in [0.4, 0.5) is 4.79 Å². The van der Waals surface area contributed by atoms with Gasteiger partial charge in [-0.15, -0.1) is 0 Å². The molecule has 2 aliphatic heterocycles. The quantitative estimate of drug-likeness (QED) is 0.897. The number of carbonyl (C=O) groups is 1. The lowest BCUT2D eigenvalue weighted by molar-refractivity contribution is -0.0220. The predicted molar refractivity (Wildman–Crippen MR) is 74.2 cm³/mol. The number of likely N-dealkylation sites (tertiary alicyclic amines) is 2. The first-order valence-electron chi connectivity index (χ1n) is 7.10. The Bertz CT molecular complexity index is 459. The summed E-state index contributed by atoms with van der Waals surface area (Å²) in [5.41, 5.74) is 1.00. The molecule has 0 radical (unpaired) electrons. The van der Waals surface area contributed by atoms with E-state index in [0.29, 0.717) is 19.2 Å². The number of hydrogen-bond acceptors (Lipinski definition) is 4. The largest absolute Gasteiger partial charge is 0.445 e. The highest BCUT2D eigenvalue weighted by Gasteiger charge is 2.36. The molecule has 1 N–H and O–H groups in total. The van der Waals surface area contributed by atoms with Gasteiger partial charge in [-0.05, 0) is 12.0 Å². The Hall–Kier alpha value is -1.59. The number of amides is 1. The van der Waals surface area contributed by atoms with Gasteiger partial charge in [0.05, 0.1) is 6.10 Å². The van der Waals surface area contributed by atoms with Crippen LogP contribution >= 0.6 is 0 Å². The first-order valence-corrected chi connectivity index (χ1v) is 7.10. The van der Waals surface area contributed by atoms with Crippen molar-refractivity contribution < 1.29 is 14.6 Å². The van der Waals surface area contributed by atoms with Crippen LogP contribution in [-0.4, -0.2) is 59.3 Å². The van der Waals surface area contributed by atoms with E-state index >= 15 is 0 Å². The zero-order chi connectivity index (χ0) is 13.9. The molecule has 0 aromatic heterocycles. The Morgan fingerprint density at radius 3 is 2.70 bits per heavy atom. The number of aliphatic hydroxyl groups excluding tert-OH is 1. The van der Waals surface area contributed by atoms with Crippen molar-refractivity contribution in [1.82, 2.24) is 9.80 Å². The average molecular weight is 276 g/mol. The SMILES string of the molecule is O=C(OCc1ccccc1)N1CC[C@@H](N2CC(O)C2)C1. The van der Waals surface area contributed by atoms with Gasteiger partial charge in [0, 0.05) is 32.2 Å². The van der Waals surface area contributed by atoms with Crippen LogP contribution in [0.2, 0.25) is 0 Å². The van der Waals surface area contributed by atoms with Crippen molar-refractivity contribution in [3.8, 4) is 0 Å². The van der Waals surface area contributed by atoms with Gasteiger partial charge >= 0.3 is 6.09 Å². The average Bonchev–Trinajstić information content (AvgIpc) is 2.92. The van der Waals surface area contributed by atoms with Crippen molar-refractivity contribution in [2.45, 2.75) is 25.2 Å². The van der Waals surface area contributed by atoms with Crippen molar-refractivity contribution in [3.05, 3.63) is 35.9 Å². The Labute approximate surface area is 118 Å². The molecule has 0 bridgehead atoms. The minimum Gasteiger partial charge on any atom is -0.445 e. The second-order valence-corrected chi connectivity index (χ2v) is 5.54. The fourth-order valence-electron chi connectivity index (χ4n) is 2.80. The van der Waals surface area contributed by atoms with Crippen molar-refractivity contribution in [3.63, 3.8) is 0 Å². The van der Waals surface area contributed by atoms with Crippen molar-refractivity contribution >= 4 is 6.09 Å². The highest BCUT2D eigenvalue weighted by molar-refractivity contribution is 5.68. The summed E-state index contributed by atoms with van der Waals surface area (Å²) >= 11 is 0. The Balaban J connectivity index is 1.44. The monoisotopic (exact) mass is 276 g/mol. The molecule has 2 saturated heterocycles. The summed E-state index contributed by atoms with van der Waals surface area (Å²) in [6.45, 7) is 3.24. The minimum atomic E-state index is -0.238. The second-order valence-electron chi connectivity index (χ2n) is 5.54. The van der Waals surface area contributed by atoms with Gasteiger partial charge in [0.1, 0.15) is 6.61 Å². The van der Waals surface area contributed by atoms with E-state index in [2.05, 4.69) is 4.90 Å². The standard InChI is InChI=1S/C15H20N2O3/c18-14-9-17(10-14)13-6-7-16(8-13)15(19)20-11-12-4-2-1-3-5-12/h1-5,13-14,18H,6-11H2/t13-/m1/s1. The van der Waals surface area contributed by atoms with Crippen LogP contribution in [0.5, 0.6) is 0 Å². The fraction of sp³-hybridized carbons (Fsp3) is 0.533. The highest BCUT2D eigenvalue weighted by atomic mass is 16.6. The summed E-state index contributed by atoms with van der Waals surface area (Å²) in [6.07, 6.45) is 0.541. The van der Waals surface area contributed by atoms with E-state index in [9.17, 15) is 9.90 Å². The van der Waals surface area contributed by atoms with E-state index in [1.165, 1.54) is 0 Å². The van der Waals surface area contributed by atoms with Crippen LogP contribution in [0, 0.1) is 0 Å². The van der Waals surface area contributed by atoms with Crippen LogP contribution in [0.1, 0.15) is 12.0 Å². The van der Waals surface area contributed by atoms with Gasteiger partial charge in [0.2, 0.25) is 0 Å². The third-order valence-electron chi connectivity index (χ3n) is 4.03. The Morgan fingerprint density at radius 2 is 2.00 bits per heavy atom. The fourth-order valence-corrected chi connectivity index (χ4v) is 2.80. The number of aliphatic hydroxyl groups is 1. The van der Waals surface area contributed by atoms with E-state index in [0.717, 1.165) is 31.6 Å². The number of carbonyl (C=O) groups excluding carboxylic acids is 1. The molecular weight excluding hydrogens is 256 g/mol. The van der Waals surface area contributed by atoms with Crippen LogP contribution in [0.25, 0.3) is 0 Å². The third kappa shape index (κ3) is 2.94. The molecule has 0 spiro atoms. The summed E-state index contributed by atoms with van der Waals surface area (Å²) in [6, 6.07) is 10.1. The van der Waals surface area contributed by atoms with Crippen LogP contribution < -0.4 is 0 Å². The Kier molecular flexibility index (Phi) is 3.89. The van der Waals surface area contributed by atoms with E-state index in [1.54, 1.807) is 4.90 Å². The molecule has 20 heavy (non-hydrogen) atoms. The molecule has 2 aliphatic rings. The second kappa shape index (κ2) is 5.81. The molecule has 0 saturated carbocycles. The summed E-state index contributed by atoms with van der Waals surface area (Å²) in [7, 11) is 0. The minimum absolute atomic E-state index is 0.186. The first kappa shape index (κ1) is 13.4. The summed E-state index contributed by atoms with van der Waals surface area (Å²) in [5.74, 6) is 0. The van der Waals surface area contributed by atoms with Crippen molar-refractivity contribution in [1.29, 1.82) is 0 Å². The lowest BCUT2D eigenvalue weighted by Crippen LogP contribution is -2.56. The van der Waals surface area contributed by atoms with Crippen LogP contribution in [0.15, 0.2) is 30.3 Å².